The minimum atomic E-state index is -1.57. The number of aliphatic hydroxyl groups is 4. The molecule has 6 aliphatic rings. The summed E-state index contributed by atoms with van der Waals surface area (Å²) in [6.07, 6.45) is -0.243. The highest BCUT2D eigenvalue weighted by Gasteiger charge is 2.90. The van der Waals surface area contributed by atoms with E-state index in [2.05, 4.69) is 11.8 Å². The van der Waals surface area contributed by atoms with E-state index in [0.717, 1.165) is 0 Å². The largest absolute Gasteiger partial charge is 0.497 e. The van der Waals surface area contributed by atoms with Gasteiger partial charge in [0, 0.05) is 55.9 Å². The molecule has 6 fully saturated rings. The lowest BCUT2D eigenvalue weighted by molar-refractivity contribution is -0.324. The number of hydrogen-bond acceptors (Lipinski definition) is 10. The molecule has 0 radical (unpaired) electrons. The van der Waals surface area contributed by atoms with Crippen molar-refractivity contribution in [2.75, 3.05) is 41.0 Å². The quantitative estimate of drug-likeness (QED) is 0.349. The van der Waals surface area contributed by atoms with Crippen molar-refractivity contribution in [3.63, 3.8) is 0 Å². The predicted octanol–water partition coefficient (Wildman–Crippen LogP) is 0.980. The second kappa shape index (κ2) is 8.87. The van der Waals surface area contributed by atoms with Gasteiger partial charge in [-0.1, -0.05) is 6.92 Å². The lowest BCUT2D eigenvalue weighted by Gasteiger charge is -2.71. The van der Waals surface area contributed by atoms with Gasteiger partial charge in [0.2, 0.25) is 0 Å². The minimum Gasteiger partial charge on any atom is -0.497 e. The van der Waals surface area contributed by atoms with Crippen molar-refractivity contribution >= 4 is 5.97 Å². The number of aliphatic hydroxyl groups excluding tert-OH is 1. The number of fused-ring (bicyclic) bond motifs is 2. The molecule has 7 bridgehead atoms. The van der Waals surface area contributed by atoms with Crippen LogP contribution in [0.2, 0.25) is 0 Å². The maximum absolute atomic E-state index is 13.5. The van der Waals surface area contributed by atoms with Crippen LogP contribution in [-0.2, 0) is 14.2 Å². The van der Waals surface area contributed by atoms with Gasteiger partial charge < -0.3 is 39.4 Å². The van der Waals surface area contributed by atoms with Gasteiger partial charge in [0.15, 0.2) is 0 Å². The van der Waals surface area contributed by atoms with Crippen LogP contribution in [0.4, 0.5) is 0 Å². The molecule has 5 aliphatic carbocycles. The Kier molecular flexibility index (Phi) is 6.06. The Labute approximate surface area is 240 Å². The van der Waals surface area contributed by atoms with E-state index in [1.165, 1.54) is 7.11 Å². The van der Waals surface area contributed by atoms with E-state index in [0.29, 0.717) is 43.7 Å². The van der Waals surface area contributed by atoms with Crippen LogP contribution in [0.1, 0.15) is 49.4 Å². The molecule has 1 saturated heterocycles. The van der Waals surface area contributed by atoms with Crippen molar-refractivity contribution in [1.29, 1.82) is 0 Å². The maximum atomic E-state index is 13.5. The van der Waals surface area contributed by atoms with Crippen LogP contribution in [0, 0.1) is 28.6 Å². The maximum Gasteiger partial charge on any atom is 0.338 e. The van der Waals surface area contributed by atoms with Crippen LogP contribution in [0.25, 0.3) is 0 Å². The molecule has 0 aromatic heterocycles. The van der Waals surface area contributed by atoms with Crippen molar-refractivity contribution in [1.82, 2.24) is 4.90 Å². The predicted molar refractivity (Wildman–Crippen MR) is 145 cm³/mol. The summed E-state index contributed by atoms with van der Waals surface area (Å²) in [5, 5.41) is 49.3. The van der Waals surface area contributed by atoms with Crippen LogP contribution in [0.5, 0.6) is 5.75 Å². The van der Waals surface area contributed by atoms with Gasteiger partial charge in [0.05, 0.1) is 42.7 Å². The number of piperidine rings is 1. The fourth-order valence-electron chi connectivity index (χ4n) is 11.4. The zero-order chi connectivity index (χ0) is 29.2. The first-order valence-electron chi connectivity index (χ1n) is 15.0. The molecule has 5 saturated carbocycles. The van der Waals surface area contributed by atoms with Crippen LogP contribution >= 0.6 is 0 Å². The number of methoxy groups -OCH3 is 3. The average molecular weight is 574 g/mol. The van der Waals surface area contributed by atoms with E-state index in [9.17, 15) is 25.2 Å². The van der Waals surface area contributed by atoms with Crippen LogP contribution < -0.4 is 4.74 Å². The van der Waals surface area contributed by atoms with Crippen molar-refractivity contribution in [2.24, 2.45) is 28.6 Å². The third-order valence-corrected chi connectivity index (χ3v) is 12.8. The van der Waals surface area contributed by atoms with Crippen molar-refractivity contribution in [3.05, 3.63) is 29.8 Å². The van der Waals surface area contributed by atoms with E-state index in [4.69, 9.17) is 18.9 Å². The number of nitrogens with zero attached hydrogens (tertiary/aromatic N) is 1. The van der Waals surface area contributed by atoms with Gasteiger partial charge in [-0.15, -0.1) is 0 Å². The van der Waals surface area contributed by atoms with Gasteiger partial charge in [-0.25, -0.2) is 4.79 Å². The molecule has 7 rings (SSSR count). The Morgan fingerprint density at radius 3 is 2.29 bits per heavy atom. The van der Waals surface area contributed by atoms with Gasteiger partial charge in [0.1, 0.15) is 17.5 Å². The molecule has 41 heavy (non-hydrogen) atoms. The Hall–Kier alpha value is -1.79. The average Bonchev–Trinajstić information content (AvgIpc) is 3.34. The Morgan fingerprint density at radius 2 is 1.68 bits per heavy atom. The number of benzene rings is 1. The number of carbonyl (C=O) groups excluding carboxylic acids is 1. The van der Waals surface area contributed by atoms with E-state index < -0.39 is 57.6 Å². The van der Waals surface area contributed by atoms with Gasteiger partial charge in [-0.05, 0) is 62.4 Å². The van der Waals surface area contributed by atoms with Gasteiger partial charge in [0.25, 0.3) is 0 Å². The zero-order valence-electron chi connectivity index (χ0n) is 24.3. The number of esters is 1. The highest BCUT2D eigenvalue weighted by molar-refractivity contribution is 5.89. The number of rotatable bonds is 7. The second-order valence-electron chi connectivity index (χ2n) is 13.6. The van der Waals surface area contributed by atoms with Crippen molar-refractivity contribution < 1.29 is 44.2 Å². The molecule has 1 heterocycles. The Balaban J connectivity index is 1.40. The summed E-state index contributed by atoms with van der Waals surface area (Å²) in [5.41, 5.74) is -5.62. The number of ether oxygens (including phenoxy) is 4. The van der Waals surface area contributed by atoms with E-state index in [1.54, 1.807) is 38.5 Å². The molecule has 1 spiro atoms. The molecule has 1 aliphatic heterocycles. The van der Waals surface area contributed by atoms with Crippen LogP contribution in [-0.4, -0.2) is 113 Å². The first kappa shape index (κ1) is 28.0. The molecule has 226 valence electrons. The molecule has 1 aromatic rings. The third kappa shape index (κ3) is 3.00. The van der Waals surface area contributed by atoms with E-state index >= 15 is 0 Å². The molecule has 0 amide bonds. The first-order valence-corrected chi connectivity index (χ1v) is 15.0. The summed E-state index contributed by atoms with van der Waals surface area (Å²) in [4.78, 5) is 15.9. The first-order chi connectivity index (χ1) is 19.5. The number of hydrogen-bond donors (Lipinski definition) is 4. The van der Waals surface area contributed by atoms with Crippen molar-refractivity contribution in [2.45, 2.75) is 80.2 Å². The molecular formula is C31H43NO9. The second-order valence-corrected chi connectivity index (χ2v) is 13.6. The molecule has 0 unspecified atom stereocenters. The molecule has 4 N–H and O–H groups in total. The number of likely N-dealkylation sites (tertiary alicyclic amines) is 1. The molecule has 1 aromatic carbocycles. The highest BCUT2D eigenvalue weighted by Crippen LogP contribution is 2.80. The van der Waals surface area contributed by atoms with Crippen molar-refractivity contribution in [3.8, 4) is 5.75 Å². The summed E-state index contributed by atoms with van der Waals surface area (Å²) in [6, 6.07) is 6.37. The highest BCUT2D eigenvalue weighted by atomic mass is 16.6. The molecule has 10 nitrogen and oxygen atoms in total. The lowest BCUT2D eigenvalue weighted by Crippen LogP contribution is -2.81. The smallest absolute Gasteiger partial charge is 0.338 e. The minimum absolute atomic E-state index is 0.172. The normalized spacial score (nSPS) is 51.0. The standard InChI is InChI=1S/C31H43NO9/c1-5-32-15-27(16-33)11-10-21(39-3)31-19-12-29(36)22(40-4)14-28(35,20(24(31)32)13-30(27,31)37)23(19)25(29)41-26(34)17-6-8-18(38-2)9-7-17/h6-9,19-25,33,35-37H,5,10-16H2,1-4H3/t19-,20+,21+,22+,23-,24-,25-,27+,28+,29+,30+,31-/m1/s1. The summed E-state index contributed by atoms with van der Waals surface area (Å²) in [5.74, 6) is -1.46. The number of carbonyl (C=O) groups is 1. The van der Waals surface area contributed by atoms with Gasteiger partial charge in [-0.2, -0.15) is 0 Å². The van der Waals surface area contributed by atoms with Gasteiger partial charge >= 0.3 is 5.97 Å². The SMILES string of the molecule is CCN1C[C@]2(CO)CC[C@H](OC)[C@@]34[C@@H]5C[C@]6(O)[C@@H](OC)C[C@@](O)([C@H]5[C@H]6OC(=O)c5ccc(OC)cc5)[C@@H](C[C@]23O)[C@@H]14. The third-order valence-electron chi connectivity index (χ3n) is 12.8. The fraction of sp³-hybridized carbons (Fsp3) is 0.774. The molecule has 10 heteroatoms. The van der Waals surface area contributed by atoms with Crippen LogP contribution in [0.15, 0.2) is 24.3 Å². The molecule has 12 atom stereocenters. The Morgan fingerprint density at radius 1 is 0.976 bits per heavy atom. The molecular weight excluding hydrogens is 530 g/mol. The zero-order valence-corrected chi connectivity index (χ0v) is 24.3. The summed E-state index contributed by atoms with van der Waals surface area (Å²) in [7, 11) is 4.74. The summed E-state index contributed by atoms with van der Waals surface area (Å²) in [6.45, 7) is 3.14. The monoisotopic (exact) mass is 573 g/mol. The van der Waals surface area contributed by atoms with Gasteiger partial charge in [-0.3, -0.25) is 4.90 Å². The fourth-order valence-corrected chi connectivity index (χ4v) is 11.4. The lowest BCUT2D eigenvalue weighted by atomic mass is 9.41. The summed E-state index contributed by atoms with van der Waals surface area (Å²) < 4.78 is 23.5. The summed E-state index contributed by atoms with van der Waals surface area (Å²) >= 11 is 0. The topological polar surface area (TPSA) is 138 Å². The van der Waals surface area contributed by atoms with Crippen LogP contribution in [0.3, 0.4) is 0 Å². The van der Waals surface area contributed by atoms with E-state index in [1.807, 2.05) is 0 Å². The van der Waals surface area contributed by atoms with E-state index in [-0.39, 0.29) is 37.5 Å². The Bertz CT molecular complexity index is 1230.